The first-order valence-electron chi connectivity index (χ1n) is 8.59. The molecule has 1 aliphatic rings. The quantitative estimate of drug-likeness (QED) is 0.758. The highest BCUT2D eigenvalue weighted by molar-refractivity contribution is 5.63. The molecule has 0 radical (unpaired) electrons. The van der Waals surface area contributed by atoms with Crippen molar-refractivity contribution in [2.75, 3.05) is 13.2 Å². The third-order valence-corrected chi connectivity index (χ3v) is 4.48. The summed E-state index contributed by atoms with van der Waals surface area (Å²) in [6, 6.07) is 10.5. The largest absolute Gasteiger partial charge is 0.396 e. The minimum absolute atomic E-state index is 0.266. The van der Waals surface area contributed by atoms with Crippen LogP contribution >= 0.6 is 0 Å². The van der Waals surface area contributed by atoms with Crippen molar-refractivity contribution in [2.45, 2.75) is 38.3 Å². The second-order valence-corrected chi connectivity index (χ2v) is 6.50. The Morgan fingerprint density at radius 1 is 1.29 bits per heavy atom. The van der Waals surface area contributed by atoms with Gasteiger partial charge in [0.25, 0.3) is 0 Å². The Morgan fingerprint density at radius 3 is 2.67 bits per heavy atom. The van der Waals surface area contributed by atoms with E-state index in [-0.39, 0.29) is 6.61 Å². The minimum Gasteiger partial charge on any atom is -0.396 e. The summed E-state index contributed by atoms with van der Waals surface area (Å²) in [6.07, 6.45) is 6.52. The van der Waals surface area contributed by atoms with E-state index in [1.54, 1.807) is 0 Å². The van der Waals surface area contributed by atoms with Gasteiger partial charge in [0.05, 0.1) is 17.3 Å². The molecule has 24 heavy (non-hydrogen) atoms. The summed E-state index contributed by atoms with van der Waals surface area (Å²) >= 11 is 0. The molecule has 0 unspecified atom stereocenters. The van der Waals surface area contributed by atoms with Crippen LogP contribution < -0.4 is 0 Å². The van der Waals surface area contributed by atoms with Gasteiger partial charge in [-0.3, -0.25) is 9.58 Å². The highest BCUT2D eigenvalue weighted by Gasteiger charge is 2.29. The molecule has 5 nitrogen and oxygen atoms in total. The van der Waals surface area contributed by atoms with Gasteiger partial charge >= 0.3 is 0 Å². The van der Waals surface area contributed by atoms with Crippen LogP contribution in [0, 0.1) is 11.3 Å². The molecule has 1 aromatic carbocycles. The molecule has 1 fully saturated rings. The summed E-state index contributed by atoms with van der Waals surface area (Å²) in [7, 11) is 1.95. The van der Waals surface area contributed by atoms with Gasteiger partial charge < -0.3 is 5.11 Å². The third-order valence-electron chi connectivity index (χ3n) is 4.48. The lowest BCUT2D eigenvalue weighted by Crippen LogP contribution is -2.27. The molecular weight excluding hydrogens is 300 g/mol. The fourth-order valence-electron chi connectivity index (χ4n) is 3.07. The lowest BCUT2D eigenvalue weighted by atomic mass is 10.1. The van der Waals surface area contributed by atoms with Gasteiger partial charge in [-0.25, -0.2) is 0 Å². The van der Waals surface area contributed by atoms with Crippen LogP contribution in [0.5, 0.6) is 0 Å². The summed E-state index contributed by atoms with van der Waals surface area (Å²) in [5.41, 5.74) is 3.93. The predicted molar refractivity (Wildman–Crippen MR) is 93.1 cm³/mol. The van der Waals surface area contributed by atoms with Crippen LogP contribution in [0.4, 0.5) is 0 Å². The Balaban J connectivity index is 1.78. The molecule has 0 atom stereocenters. The topological polar surface area (TPSA) is 65.1 Å². The second-order valence-electron chi connectivity index (χ2n) is 6.50. The van der Waals surface area contributed by atoms with E-state index in [9.17, 15) is 0 Å². The molecule has 1 aromatic heterocycles. The van der Waals surface area contributed by atoms with Crippen molar-refractivity contribution in [1.82, 2.24) is 14.7 Å². The zero-order chi connectivity index (χ0) is 16.9. The average molecular weight is 324 g/mol. The summed E-state index contributed by atoms with van der Waals surface area (Å²) in [4.78, 5) is 2.51. The number of nitriles is 1. The zero-order valence-electron chi connectivity index (χ0n) is 14.1. The summed E-state index contributed by atoms with van der Waals surface area (Å²) in [6.45, 7) is 2.17. The van der Waals surface area contributed by atoms with E-state index in [1.165, 1.54) is 18.4 Å². The molecule has 0 aliphatic heterocycles. The number of nitrogens with zero attached hydrogens (tertiary/aromatic N) is 4. The smallest absolute Gasteiger partial charge is 0.0991 e. The summed E-state index contributed by atoms with van der Waals surface area (Å²) < 4.78 is 1.86. The van der Waals surface area contributed by atoms with E-state index in [2.05, 4.69) is 22.3 Å². The van der Waals surface area contributed by atoms with Crippen molar-refractivity contribution in [3.05, 3.63) is 41.6 Å². The monoisotopic (exact) mass is 324 g/mol. The SMILES string of the molecule is Cn1cc(CN(CCCCO)C2CC2)c(-c2ccc(C#N)cc2)n1. The Hall–Kier alpha value is -2.16. The van der Waals surface area contributed by atoms with E-state index < -0.39 is 0 Å². The van der Waals surface area contributed by atoms with Crippen molar-refractivity contribution in [3.8, 4) is 17.3 Å². The maximum Gasteiger partial charge on any atom is 0.0991 e. The van der Waals surface area contributed by atoms with Gasteiger partial charge in [0, 0.05) is 43.6 Å². The van der Waals surface area contributed by atoms with Gasteiger partial charge in [0.15, 0.2) is 0 Å². The van der Waals surface area contributed by atoms with Crippen LogP contribution in [0.15, 0.2) is 30.5 Å². The minimum atomic E-state index is 0.266. The molecular formula is C19H24N4O. The molecule has 0 saturated heterocycles. The first kappa shape index (κ1) is 16.7. The predicted octanol–water partition coefficient (Wildman–Crippen LogP) is 2.70. The number of benzene rings is 1. The van der Waals surface area contributed by atoms with Crippen LogP contribution in [0.1, 0.15) is 36.8 Å². The molecule has 1 saturated carbocycles. The van der Waals surface area contributed by atoms with Crippen LogP contribution in [0.3, 0.4) is 0 Å². The number of aryl methyl sites for hydroxylation is 1. The van der Waals surface area contributed by atoms with Crippen molar-refractivity contribution < 1.29 is 5.11 Å². The van der Waals surface area contributed by atoms with Crippen molar-refractivity contribution in [1.29, 1.82) is 5.26 Å². The lowest BCUT2D eigenvalue weighted by Gasteiger charge is -2.21. The van der Waals surface area contributed by atoms with Gasteiger partial charge in [-0.05, 0) is 44.4 Å². The van der Waals surface area contributed by atoms with Gasteiger partial charge in [-0.2, -0.15) is 10.4 Å². The van der Waals surface area contributed by atoms with Gasteiger partial charge in [-0.1, -0.05) is 12.1 Å². The van der Waals surface area contributed by atoms with Crippen LogP contribution in [-0.4, -0.2) is 39.0 Å². The highest BCUT2D eigenvalue weighted by atomic mass is 16.2. The van der Waals surface area contributed by atoms with Crippen molar-refractivity contribution >= 4 is 0 Å². The summed E-state index contributed by atoms with van der Waals surface area (Å²) in [5, 5.41) is 22.6. The van der Waals surface area contributed by atoms with Crippen LogP contribution in [0.25, 0.3) is 11.3 Å². The van der Waals surface area contributed by atoms with E-state index in [1.807, 2.05) is 36.0 Å². The Labute approximate surface area is 143 Å². The van der Waals surface area contributed by atoms with E-state index in [0.29, 0.717) is 11.6 Å². The molecule has 1 aliphatic carbocycles. The maximum atomic E-state index is 9.01. The number of hydrogen-bond acceptors (Lipinski definition) is 4. The first-order chi connectivity index (χ1) is 11.7. The number of unbranched alkanes of at least 4 members (excludes halogenated alkanes) is 1. The number of rotatable bonds is 8. The Kier molecular flexibility index (Phi) is 5.29. The number of aliphatic hydroxyl groups is 1. The van der Waals surface area contributed by atoms with E-state index in [4.69, 9.17) is 10.4 Å². The molecule has 2 aromatic rings. The molecule has 0 amide bonds. The van der Waals surface area contributed by atoms with Gasteiger partial charge in [-0.15, -0.1) is 0 Å². The standard InChI is InChI=1S/C19H24N4O/c1-22-13-17(14-23(18-8-9-18)10-2-3-11-24)19(21-22)16-6-4-15(12-20)5-7-16/h4-7,13,18,24H,2-3,8-11,14H2,1H3. The first-order valence-corrected chi connectivity index (χ1v) is 8.59. The highest BCUT2D eigenvalue weighted by Crippen LogP contribution is 2.31. The average Bonchev–Trinajstić information content (AvgIpc) is 3.38. The van der Waals surface area contributed by atoms with Gasteiger partial charge in [0.2, 0.25) is 0 Å². The van der Waals surface area contributed by atoms with Crippen LogP contribution in [-0.2, 0) is 13.6 Å². The Morgan fingerprint density at radius 2 is 2.04 bits per heavy atom. The van der Waals surface area contributed by atoms with Crippen LogP contribution in [0.2, 0.25) is 0 Å². The van der Waals surface area contributed by atoms with E-state index in [0.717, 1.165) is 37.2 Å². The summed E-state index contributed by atoms with van der Waals surface area (Å²) in [5.74, 6) is 0. The zero-order valence-corrected chi connectivity index (χ0v) is 14.1. The Bertz CT molecular complexity index is 710. The molecule has 126 valence electrons. The molecule has 3 rings (SSSR count). The van der Waals surface area contributed by atoms with Gasteiger partial charge in [0.1, 0.15) is 0 Å². The van der Waals surface area contributed by atoms with E-state index >= 15 is 0 Å². The fourth-order valence-corrected chi connectivity index (χ4v) is 3.07. The molecule has 0 spiro atoms. The van der Waals surface area contributed by atoms with Crippen molar-refractivity contribution in [2.24, 2.45) is 7.05 Å². The molecule has 5 heteroatoms. The molecule has 1 heterocycles. The van der Waals surface area contributed by atoms with Crippen molar-refractivity contribution in [3.63, 3.8) is 0 Å². The third kappa shape index (κ3) is 4.02. The maximum absolute atomic E-state index is 9.01. The number of hydrogen-bond donors (Lipinski definition) is 1. The second kappa shape index (κ2) is 7.61. The fraction of sp³-hybridized carbons (Fsp3) is 0.474. The lowest BCUT2D eigenvalue weighted by molar-refractivity contribution is 0.229. The number of aliphatic hydroxyl groups excluding tert-OH is 1. The number of aromatic nitrogens is 2. The molecule has 1 N–H and O–H groups in total. The normalized spacial score (nSPS) is 14.1. The molecule has 0 bridgehead atoms.